The van der Waals surface area contributed by atoms with Crippen molar-refractivity contribution in [2.24, 2.45) is 5.92 Å². The molecule has 1 aromatic heterocycles. The van der Waals surface area contributed by atoms with Crippen LogP contribution in [0.3, 0.4) is 0 Å². The lowest BCUT2D eigenvalue weighted by molar-refractivity contribution is 0.215. The third-order valence-electron chi connectivity index (χ3n) is 3.48. The second-order valence-corrected chi connectivity index (χ2v) is 5.98. The van der Waals surface area contributed by atoms with E-state index in [4.69, 9.17) is 0 Å². The first-order chi connectivity index (χ1) is 8.85. The largest absolute Gasteiger partial charge is 0.395 e. The molecule has 0 saturated heterocycles. The van der Waals surface area contributed by atoms with E-state index in [1.807, 2.05) is 6.92 Å². The van der Waals surface area contributed by atoms with E-state index in [0.29, 0.717) is 5.92 Å². The molecule has 108 valence electrons. The molecule has 0 aliphatic carbocycles. The van der Waals surface area contributed by atoms with Gasteiger partial charge in [-0.05, 0) is 57.2 Å². The molecule has 0 amide bonds. The molecule has 0 saturated carbocycles. The molecule has 1 rings (SSSR count). The number of aromatic nitrogens is 1. The first kappa shape index (κ1) is 16.1. The average molecular weight is 264 g/mol. The van der Waals surface area contributed by atoms with Gasteiger partial charge in [0.1, 0.15) is 0 Å². The Balaban J connectivity index is 2.85. The number of pyridine rings is 1. The Hall–Kier alpha value is -0.930. The highest BCUT2D eigenvalue weighted by molar-refractivity contribution is 5.33. The molecule has 19 heavy (non-hydrogen) atoms. The van der Waals surface area contributed by atoms with Gasteiger partial charge >= 0.3 is 0 Å². The Morgan fingerprint density at radius 1 is 1.21 bits per heavy atom. The summed E-state index contributed by atoms with van der Waals surface area (Å²) in [7, 11) is 0. The van der Waals surface area contributed by atoms with Crippen LogP contribution < -0.4 is 5.32 Å². The van der Waals surface area contributed by atoms with Crippen molar-refractivity contribution < 1.29 is 5.11 Å². The molecule has 3 heteroatoms. The molecule has 0 spiro atoms. The summed E-state index contributed by atoms with van der Waals surface area (Å²) in [5.74, 6) is 0.579. The fourth-order valence-corrected chi connectivity index (χ4v) is 2.89. The average Bonchev–Trinajstić information content (AvgIpc) is 2.25. The van der Waals surface area contributed by atoms with Crippen molar-refractivity contribution in [3.8, 4) is 0 Å². The summed E-state index contributed by atoms with van der Waals surface area (Å²) < 4.78 is 0. The lowest BCUT2D eigenvalue weighted by atomic mass is 9.98. The lowest BCUT2D eigenvalue weighted by Gasteiger charge is -2.25. The summed E-state index contributed by atoms with van der Waals surface area (Å²) in [5.41, 5.74) is 4.67. The molecule has 1 heterocycles. The number of nitrogens with zero attached hydrogens (tertiary/aromatic N) is 1. The number of hydrogen-bond donors (Lipinski definition) is 2. The number of aryl methyl sites for hydroxylation is 3. The van der Waals surface area contributed by atoms with Crippen molar-refractivity contribution in [1.29, 1.82) is 0 Å². The van der Waals surface area contributed by atoms with Crippen molar-refractivity contribution in [3.05, 3.63) is 28.6 Å². The summed E-state index contributed by atoms with van der Waals surface area (Å²) in [6.07, 6.45) is 0.984. The Morgan fingerprint density at radius 2 is 1.84 bits per heavy atom. The van der Waals surface area contributed by atoms with Crippen molar-refractivity contribution in [1.82, 2.24) is 10.3 Å². The number of aliphatic hydroxyl groups is 1. The van der Waals surface area contributed by atoms with E-state index in [1.165, 1.54) is 11.1 Å². The summed E-state index contributed by atoms with van der Waals surface area (Å²) >= 11 is 0. The van der Waals surface area contributed by atoms with Crippen molar-refractivity contribution in [2.75, 3.05) is 6.61 Å². The topological polar surface area (TPSA) is 45.1 Å². The van der Waals surface area contributed by atoms with Gasteiger partial charge in [-0.2, -0.15) is 0 Å². The maximum absolute atomic E-state index is 9.48. The van der Waals surface area contributed by atoms with Crippen molar-refractivity contribution >= 4 is 0 Å². The second-order valence-electron chi connectivity index (χ2n) is 5.98. The summed E-state index contributed by atoms with van der Waals surface area (Å²) in [4.78, 5) is 4.55. The van der Waals surface area contributed by atoms with E-state index >= 15 is 0 Å². The third-order valence-corrected chi connectivity index (χ3v) is 3.48. The zero-order chi connectivity index (χ0) is 14.6. The van der Waals surface area contributed by atoms with Gasteiger partial charge in [0, 0.05) is 23.5 Å². The van der Waals surface area contributed by atoms with Gasteiger partial charge in [-0.3, -0.25) is 4.98 Å². The van der Waals surface area contributed by atoms with Gasteiger partial charge in [0.05, 0.1) is 6.61 Å². The van der Waals surface area contributed by atoms with Gasteiger partial charge in [0.15, 0.2) is 0 Å². The highest BCUT2D eigenvalue weighted by atomic mass is 16.3. The van der Waals surface area contributed by atoms with Crippen LogP contribution in [0.5, 0.6) is 0 Å². The minimum atomic E-state index is 0.148. The maximum Gasteiger partial charge on any atom is 0.0584 e. The van der Waals surface area contributed by atoms with Crippen LogP contribution in [0.15, 0.2) is 6.07 Å². The summed E-state index contributed by atoms with van der Waals surface area (Å²) in [5, 5.41) is 13.0. The molecule has 2 N–H and O–H groups in total. The minimum Gasteiger partial charge on any atom is -0.395 e. The molecular weight excluding hydrogens is 236 g/mol. The van der Waals surface area contributed by atoms with Crippen molar-refractivity contribution in [3.63, 3.8) is 0 Å². The smallest absolute Gasteiger partial charge is 0.0584 e. The van der Waals surface area contributed by atoms with Crippen LogP contribution in [0.1, 0.15) is 55.7 Å². The lowest BCUT2D eigenvalue weighted by Crippen LogP contribution is -2.36. The van der Waals surface area contributed by atoms with E-state index in [2.05, 4.69) is 51.0 Å². The number of aliphatic hydroxyl groups excluding tert-OH is 1. The van der Waals surface area contributed by atoms with Crippen molar-refractivity contribution in [2.45, 2.75) is 60.0 Å². The van der Waals surface area contributed by atoms with Gasteiger partial charge < -0.3 is 10.4 Å². The van der Waals surface area contributed by atoms with Gasteiger partial charge in [-0.25, -0.2) is 0 Å². The van der Waals surface area contributed by atoms with Crippen LogP contribution in [0, 0.1) is 26.7 Å². The zero-order valence-corrected chi connectivity index (χ0v) is 13.1. The number of hydrogen-bond acceptors (Lipinski definition) is 3. The quantitative estimate of drug-likeness (QED) is 0.830. The third kappa shape index (κ3) is 4.59. The normalized spacial score (nSPS) is 14.7. The number of nitrogens with one attached hydrogen (secondary N) is 1. The fourth-order valence-electron chi connectivity index (χ4n) is 2.89. The molecule has 2 unspecified atom stereocenters. The van der Waals surface area contributed by atoms with E-state index in [0.717, 1.165) is 17.8 Å². The molecular formula is C16H28N2O. The van der Waals surface area contributed by atoms with Gasteiger partial charge in [0.2, 0.25) is 0 Å². The van der Waals surface area contributed by atoms with Gasteiger partial charge in [0.25, 0.3) is 0 Å². The van der Waals surface area contributed by atoms with E-state index in [-0.39, 0.29) is 18.7 Å². The Kier molecular flexibility index (Phi) is 5.95. The predicted molar refractivity (Wildman–Crippen MR) is 80.3 cm³/mol. The van der Waals surface area contributed by atoms with Crippen LogP contribution in [-0.2, 0) is 0 Å². The molecule has 2 atom stereocenters. The van der Waals surface area contributed by atoms with Crippen LogP contribution in [-0.4, -0.2) is 22.7 Å². The first-order valence-electron chi connectivity index (χ1n) is 7.16. The van der Waals surface area contributed by atoms with E-state index < -0.39 is 0 Å². The van der Waals surface area contributed by atoms with Crippen LogP contribution >= 0.6 is 0 Å². The second kappa shape index (κ2) is 7.01. The highest BCUT2D eigenvalue weighted by Crippen LogP contribution is 2.22. The highest BCUT2D eigenvalue weighted by Gasteiger charge is 2.17. The molecule has 0 aliphatic rings. The number of rotatable bonds is 6. The zero-order valence-electron chi connectivity index (χ0n) is 13.1. The minimum absolute atomic E-state index is 0.148. The Labute approximate surface area is 117 Å². The fraction of sp³-hybridized carbons (Fsp3) is 0.688. The molecule has 0 aromatic carbocycles. The molecule has 0 radical (unpaired) electrons. The van der Waals surface area contributed by atoms with E-state index in [9.17, 15) is 5.11 Å². The molecule has 0 bridgehead atoms. The first-order valence-corrected chi connectivity index (χ1v) is 7.16. The molecule has 0 aliphatic heterocycles. The standard InChI is InChI=1S/C16H28N2O/c1-10(2)7-15(9-19)18-14(6)16-11(3)8-12(4)17-13(16)5/h8,10,14-15,18-19H,7,9H2,1-6H3. The SMILES string of the molecule is Cc1cc(C)c(C(C)NC(CO)CC(C)C)c(C)n1. The molecule has 3 nitrogen and oxygen atoms in total. The predicted octanol–water partition coefficient (Wildman–Crippen LogP) is 3.06. The van der Waals surface area contributed by atoms with Gasteiger partial charge in [-0.15, -0.1) is 0 Å². The van der Waals surface area contributed by atoms with E-state index in [1.54, 1.807) is 0 Å². The summed E-state index contributed by atoms with van der Waals surface area (Å²) in [6, 6.07) is 2.48. The van der Waals surface area contributed by atoms with Crippen LogP contribution in [0.25, 0.3) is 0 Å². The van der Waals surface area contributed by atoms with Crippen LogP contribution in [0.4, 0.5) is 0 Å². The summed E-state index contributed by atoms with van der Waals surface area (Å²) in [6.45, 7) is 12.9. The maximum atomic E-state index is 9.48. The van der Waals surface area contributed by atoms with Gasteiger partial charge in [-0.1, -0.05) is 13.8 Å². The van der Waals surface area contributed by atoms with Crippen LogP contribution in [0.2, 0.25) is 0 Å². The Morgan fingerprint density at radius 3 is 2.32 bits per heavy atom. The monoisotopic (exact) mass is 264 g/mol. The Bertz CT molecular complexity index is 392. The molecule has 0 fully saturated rings. The molecule has 1 aromatic rings.